The van der Waals surface area contributed by atoms with Gasteiger partial charge < -0.3 is 5.32 Å². The monoisotopic (exact) mass is 336 g/mol. The number of halogens is 4. The molecule has 0 radical (unpaired) electrons. The second-order valence-electron chi connectivity index (χ2n) is 3.50. The third-order valence-corrected chi connectivity index (χ3v) is 3.03. The van der Waals surface area contributed by atoms with Gasteiger partial charge in [0.15, 0.2) is 5.82 Å². The van der Waals surface area contributed by atoms with Crippen LogP contribution in [0.1, 0.15) is 0 Å². The Morgan fingerprint density at radius 1 is 1.20 bits per heavy atom. The first kappa shape index (κ1) is 14.7. The Kier molecular flexibility index (Phi) is 4.22. The van der Waals surface area contributed by atoms with Crippen molar-refractivity contribution in [2.24, 2.45) is 0 Å². The van der Waals surface area contributed by atoms with E-state index in [4.69, 9.17) is 34.8 Å². The van der Waals surface area contributed by atoms with E-state index in [-0.39, 0.29) is 26.7 Å². The highest BCUT2D eigenvalue weighted by Gasteiger charge is 2.22. The number of hydrogen-bond donors (Lipinski definition) is 1. The topological polar surface area (TPSA) is 81.0 Å². The number of benzene rings is 1. The fraction of sp³-hybridized carbons (Fsp3) is 0. The van der Waals surface area contributed by atoms with Gasteiger partial charge in [0.25, 0.3) is 0 Å². The summed E-state index contributed by atoms with van der Waals surface area (Å²) in [7, 11) is 0. The van der Waals surface area contributed by atoms with Crippen LogP contribution in [0.3, 0.4) is 0 Å². The molecule has 20 heavy (non-hydrogen) atoms. The molecule has 10 heteroatoms. The molecule has 0 fully saturated rings. The quantitative estimate of drug-likeness (QED) is 0.392. The first-order chi connectivity index (χ1) is 9.40. The molecule has 0 saturated heterocycles. The highest BCUT2D eigenvalue weighted by Crippen LogP contribution is 2.33. The molecule has 6 nitrogen and oxygen atoms in total. The maximum atomic E-state index is 13.3. The van der Waals surface area contributed by atoms with E-state index in [2.05, 4.69) is 15.3 Å². The molecule has 1 N–H and O–H groups in total. The van der Waals surface area contributed by atoms with E-state index in [9.17, 15) is 14.5 Å². The zero-order valence-corrected chi connectivity index (χ0v) is 11.7. The van der Waals surface area contributed by atoms with Crippen molar-refractivity contribution in [3.05, 3.63) is 49.6 Å². The van der Waals surface area contributed by atoms with Crippen LogP contribution in [0.25, 0.3) is 0 Å². The van der Waals surface area contributed by atoms with E-state index in [1.807, 2.05) is 0 Å². The molecule has 1 aromatic heterocycles. The van der Waals surface area contributed by atoms with Gasteiger partial charge in [-0.15, -0.1) is 0 Å². The summed E-state index contributed by atoms with van der Waals surface area (Å²) in [6.07, 6.45) is 1.05. The van der Waals surface area contributed by atoms with Gasteiger partial charge in [-0.2, -0.15) is 0 Å². The van der Waals surface area contributed by atoms with Crippen LogP contribution in [0.2, 0.25) is 15.2 Å². The molecule has 0 unspecified atom stereocenters. The lowest BCUT2D eigenvalue weighted by molar-refractivity contribution is -0.384. The van der Waals surface area contributed by atoms with E-state index in [1.54, 1.807) is 0 Å². The SMILES string of the molecule is O=[N+]([O-])c1c(Cl)ncnc1Nc1cc(Cl)c(F)c(Cl)c1. The number of nitrogens with zero attached hydrogens (tertiary/aromatic N) is 3. The lowest BCUT2D eigenvalue weighted by Crippen LogP contribution is -2.02. The fourth-order valence-corrected chi connectivity index (χ4v) is 2.06. The van der Waals surface area contributed by atoms with Gasteiger partial charge in [-0.05, 0) is 12.1 Å². The highest BCUT2D eigenvalue weighted by atomic mass is 35.5. The van der Waals surface area contributed by atoms with Crippen LogP contribution >= 0.6 is 34.8 Å². The summed E-state index contributed by atoms with van der Waals surface area (Å²) in [5.74, 6) is -0.942. The Hall–Kier alpha value is -1.70. The molecule has 0 bridgehead atoms. The van der Waals surface area contributed by atoms with E-state index in [0.717, 1.165) is 6.33 Å². The first-order valence-corrected chi connectivity index (χ1v) is 6.10. The first-order valence-electron chi connectivity index (χ1n) is 4.96. The predicted molar refractivity (Wildman–Crippen MR) is 73.4 cm³/mol. The lowest BCUT2D eigenvalue weighted by Gasteiger charge is -2.08. The third kappa shape index (κ3) is 2.90. The van der Waals surface area contributed by atoms with Crippen molar-refractivity contribution in [2.45, 2.75) is 0 Å². The van der Waals surface area contributed by atoms with Crippen LogP contribution in [0.5, 0.6) is 0 Å². The molecule has 0 aliphatic heterocycles. The molecule has 0 amide bonds. The summed E-state index contributed by atoms with van der Waals surface area (Å²) in [6.45, 7) is 0. The summed E-state index contributed by atoms with van der Waals surface area (Å²) in [4.78, 5) is 17.4. The van der Waals surface area contributed by atoms with Crippen molar-refractivity contribution in [2.75, 3.05) is 5.32 Å². The summed E-state index contributed by atoms with van der Waals surface area (Å²) < 4.78 is 13.3. The number of nitro groups is 1. The standard InChI is InChI=1S/C10H4Cl3FN4O2/c11-5-1-4(2-6(12)7(5)14)17-10-8(18(19)20)9(13)15-3-16-10/h1-3H,(H,15,16,17). The Labute approximate surface area is 126 Å². The molecule has 0 spiro atoms. The summed E-state index contributed by atoms with van der Waals surface area (Å²) >= 11 is 16.9. The van der Waals surface area contributed by atoms with Gasteiger partial charge in [0.2, 0.25) is 11.0 Å². The van der Waals surface area contributed by atoms with Crippen molar-refractivity contribution in [1.29, 1.82) is 0 Å². The van der Waals surface area contributed by atoms with Gasteiger partial charge in [-0.3, -0.25) is 10.1 Å². The molecular weight excluding hydrogens is 333 g/mol. The third-order valence-electron chi connectivity index (χ3n) is 2.21. The van der Waals surface area contributed by atoms with Gasteiger partial charge in [0, 0.05) is 5.69 Å². The molecular formula is C10H4Cl3FN4O2. The van der Waals surface area contributed by atoms with E-state index in [0.29, 0.717) is 0 Å². The van der Waals surface area contributed by atoms with Crippen LogP contribution in [-0.2, 0) is 0 Å². The molecule has 2 rings (SSSR count). The molecule has 0 saturated carbocycles. The molecule has 1 aromatic carbocycles. The number of rotatable bonds is 3. The average molecular weight is 338 g/mol. The zero-order valence-electron chi connectivity index (χ0n) is 9.40. The summed E-state index contributed by atoms with van der Waals surface area (Å²) in [6, 6.07) is 2.42. The second-order valence-corrected chi connectivity index (χ2v) is 4.67. The molecule has 0 atom stereocenters. The summed E-state index contributed by atoms with van der Waals surface area (Å²) in [5.41, 5.74) is -0.287. The van der Waals surface area contributed by atoms with Crippen molar-refractivity contribution in [1.82, 2.24) is 9.97 Å². The molecule has 104 valence electrons. The van der Waals surface area contributed by atoms with Gasteiger partial charge in [0.1, 0.15) is 6.33 Å². The van der Waals surface area contributed by atoms with E-state index >= 15 is 0 Å². The number of hydrogen-bond acceptors (Lipinski definition) is 5. The average Bonchev–Trinajstić information content (AvgIpc) is 2.35. The minimum Gasteiger partial charge on any atom is -0.334 e. The fourth-order valence-electron chi connectivity index (χ4n) is 1.37. The Morgan fingerprint density at radius 3 is 2.35 bits per heavy atom. The minimum absolute atomic E-state index is 0.159. The summed E-state index contributed by atoms with van der Waals surface area (Å²) in [5, 5.41) is 12.7. The number of aromatic nitrogens is 2. The Morgan fingerprint density at radius 2 is 1.80 bits per heavy atom. The van der Waals surface area contributed by atoms with Crippen LogP contribution in [0.4, 0.5) is 21.6 Å². The van der Waals surface area contributed by atoms with Crippen LogP contribution < -0.4 is 5.32 Å². The van der Waals surface area contributed by atoms with Crippen LogP contribution in [0, 0.1) is 15.9 Å². The lowest BCUT2D eigenvalue weighted by atomic mass is 10.3. The van der Waals surface area contributed by atoms with E-state index < -0.39 is 16.4 Å². The predicted octanol–water partition coefficient (Wildman–Crippen LogP) is 4.23. The molecule has 1 heterocycles. The normalized spacial score (nSPS) is 10.4. The number of anilines is 2. The largest absolute Gasteiger partial charge is 0.348 e. The van der Waals surface area contributed by atoms with Crippen molar-refractivity contribution in [3.63, 3.8) is 0 Å². The van der Waals surface area contributed by atoms with Crippen molar-refractivity contribution < 1.29 is 9.31 Å². The van der Waals surface area contributed by atoms with Gasteiger partial charge in [0.05, 0.1) is 15.0 Å². The molecule has 0 aliphatic rings. The minimum atomic E-state index is -0.783. The van der Waals surface area contributed by atoms with Crippen molar-refractivity contribution in [3.8, 4) is 0 Å². The maximum Gasteiger partial charge on any atom is 0.348 e. The van der Waals surface area contributed by atoms with Gasteiger partial charge >= 0.3 is 5.69 Å². The van der Waals surface area contributed by atoms with Crippen LogP contribution in [-0.4, -0.2) is 14.9 Å². The van der Waals surface area contributed by atoms with Crippen molar-refractivity contribution >= 4 is 52.0 Å². The smallest absolute Gasteiger partial charge is 0.334 e. The second kappa shape index (κ2) is 5.74. The Bertz CT molecular complexity index is 675. The van der Waals surface area contributed by atoms with Gasteiger partial charge in [-0.1, -0.05) is 34.8 Å². The molecule has 0 aliphatic carbocycles. The van der Waals surface area contributed by atoms with Gasteiger partial charge in [-0.25, -0.2) is 14.4 Å². The molecule has 2 aromatic rings. The van der Waals surface area contributed by atoms with E-state index in [1.165, 1.54) is 12.1 Å². The highest BCUT2D eigenvalue weighted by molar-refractivity contribution is 6.35. The Balaban J connectivity index is 2.45. The zero-order chi connectivity index (χ0) is 14.9. The van der Waals surface area contributed by atoms with Crippen LogP contribution in [0.15, 0.2) is 18.5 Å². The maximum absolute atomic E-state index is 13.3. The number of nitrogens with one attached hydrogen (secondary N) is 1.